The molecule has 0 spiro atoms. The van der Waals surface area contributed by atoms with Gasteiger partial charge >= 0.3 is 0 Å². The van der Waals surface area contributed by atoms with Crippen molar-refractivity contribution in [3.8, 4) is 0 Å². The largest absolute Gasteiger partial charge is 0.486 e. The van der Waals surface area contributed by atoms with E-state index in [0.717, 1.165) is 0 Å². The van der Waals surface area contributed by atoms with E-state index in [1.54, 1.807) is 12.1 Å². The van der Waals surface area contributed by atoms with Crippen LogP contribution in [0.3, 0.4) is 0 Å². The van der Waals surface area contributed by atoms with Crippen LogP contribution in [0.2, 0.25) is 0 Å². The van der Waals surface area contributed by atoms with Gasteiger partial charge in [-0.15, -0.1) is 0 Å². The van der Waals surface area contributed by atoms with Crippen LogP contribution in [0.5, 0.6) is 0 Å². The molecule has 0 fully saturated rings. The van der Waals surface area contributed by atoms with Gasteiger partial charge in [0.25, 0.3) is 5.69 Å². The van der Waals surface area contributed by atoms with Crippen molar-refractivity contribution in [3.63, 3.8) is 0 Å². The summed E-state index contributed by atoms with van der Waals surface area (Å²) in [5, 5.41) is 10.6. The molecule has 0 unspecified atom stereocenters. The summed E-state index contributed by atoms with van der Waals surface area (Å²) < 4.78 is 4.78. The fourth-order valence-corrected chi connectivity index (χ4v) is 0.991. The van der Waals surface area contributed by atoms with E-state index in [4.69, 9.17) is 17.0 Å². The molecule has 1 aromatic carbocycles. The molecule has 4 nitrogen and oxygen atoms in total. The molecule has 1 aromatic rings. The first-order valence-electron chi connectivity index (χ1n) is 3.48. The quantitative estimate of drug-likeness (QED) is 0.413. The number of benzene rings is 1. The van der Waals surface area contributed by atoms with Gasteiger partial charge in [0.2, 0.25) is 0 Å². The number of methoxy groups -OCH3 is 1. The lowest BCUT2D eigenvalue weighted by Gasteiger charge is -2.00. The third kappa shape index (κ3) is 2.22. The highest BCUT2D eigenvalue weighted by Crippen LogP contribution is 2.13. The summed E-state index contributed by atoms with van der Waals surface area (Å²) in [5.74, 6) is 0. The van der Waals surface area contributed by atoms with Crippen LogP contribution in [0.15, 0.2) is 24.3 Å². The third-order valence-electron chi connectivity index (χ3n) is 1.48. The number of nitrogens with zero attached hydrogens (tertiary/aromatic N) is 1. The van der Waals surface area contributed by atoms with Crippen molar-refractivity contribution >= 4 is 23.0 Å². The van der Waals surface area contributed by atoms with E-state index in [9.17, 15) is 10.1 Å². The molecule has 0 saturated carbocycles. The highest BCUT2D eigenvalue weighted by molar-refractivity contribution is 7.80. The van der Waals surface area contributed by atoms with E-state index in [1.165, 1.54) is 19.2 Å². The molecular weight excluding hydrogens is 190 g/mol. The first kappa shape index (κ1) is 9.60. The Bertz CT molecular complexity index is 351. The predicted octanol–water partition coefficient (Wildman–Crippen LogP) is 1.92. The van der Waals surface area contributed by atoms with Gasteiger partial charge in [-0.1, -0.05) is 6.07 Å². The highest BCUT2D eigenvalue weighted by atomic mass is 32.1. The Morgan fingerprint density at radius 1 is 1.62 bits per heavy atom. The summed E-state index contributed by atoms with van der Waals surface area (Å²) in [5.41, 5.74) is 0.559. The smallest absolute Gasteiger partial charge is 0.270 e. The number of nitro benzene ring substituents is 1. The fourth-order valence-electron chi connectivity index (χ4n) is 0.864. The van der Waals surface area contributed by atoms with Gasteiger partial charge in [0, 0.05) is 17.7 Å². The summed E-state index contributed by atoms with van der Waals surface area (Å²) in [7, 11) is 1.43. The van der Waals surface area contributed by atoms with Crippen LogP contribution in [0.1, 0.15) is 5.56 Å². The van der Waals surface area contributed by atoms with Crippen LogP contribution in [-0.2, 0) is 4.74 Å². The second kappa shape index (κ2) is 3.95. The minimum absolute atomic E-state index is 0.0110. The van der Waals surface area contributed by atoms with Gasteiger partial charge in [-0.3, -0.25) is 10.1 Å². The molecule has 0 bridgehead atoms. The van der Waals surface area contributed by atoms with Crippen molar-refractivity contribution in [2.24, 2.45) is 0 Å². The van der Waals surface area contributed by atoms with Crippen LogP contribution in [0.4, 0.5) is 5.69 Å². The van der Waals surface area contributed by atoms with Crippen molar-refractivity contribution in [3.05, 3.63) is 39.9 Å². The molecule has 0 aliphatic rings. The molecule has 0 radical (unpaired) electrons. The first-order valence-corrected chi connectivity index (χ1v) is 3.88. The number of nitro groups is 1. The minimum atomic E-state index is -0.470. The molecule has 0 amide bonds. The van der Waals surface area contributed by atoms with Crippen molar-refractivity contribution in [2.75, 3.05) is 7.11 Å². The molecule has 0 N–H and O–H groups in total. The van der Waals surface area contributed by atoms with Gasteiger partial charge in [0.1, 0.15) is 0 Å². The molecular formula is C8H7NO3S. The summed E-state index contributed by atoms with van der Waals surface area (Å²) in [6, 6.07) is 6.02. The van der Waals surface area contributed by atoms with E-state index in [-0.39, 0.29) is 10.7 Å². The Labute approximate surface area is 80.3 Å². The van der Waals surface area contributed by atoms with Crippen molar-refractivity contribution in [2.45, 2.75) is 0 Å². The predicted molar refractivity (Wildman–Crippen MR) is 51.8 cm³/mol. The molecule has 0 atom stereocenters. The van der Waals surface area contributed by atoms with Gasteiger partial charge in [-0.05, 0) is 18.3 Å². The molecule has 1 rings (SSSR count). The summed E-state index contributed by atoms with van der Waals surface area (Å²) in [6.45, 7) is 0. The summed E-state index contributed by atoms with van der Waals surface area (Å²) in [6.07, 6.45) is 0. The van der Waals surface area contributed by atoms with Crippen LogP contribution in [0.25, 0.3) is 0 Å². The lowest BCUT2D eigenvalue weighted by atomic mass is 10.2. The zero-order valence-electron chi connectivity index (χ0n) is 6.89. The van der Waals surface area contributed by atoms with E-state index in [0.29, 0.717) is 5.56 Å². The number of rotatable bonds is 2. The van der Waals surface area contributed by atoms with E-state index < -0.39 is 4.92 Å². The van der Waals surface area contributed by atoms with Crippen molar-refractivity contribution < 1.29 is 9.66 Å². The van der Waals surface area contributed by atoms with Gasteiger partial charge in [0.05, 0.1) is 12.0 Å². The lowest BCUT2D eigenvalue weighted by molar-refractivity contribution is -0.384. The van der Waals surface area contributed by atoms with Crippen molar-refractivity contribution in [1.29, 1.82) is 0 Å². The van der Waals surface area contributed by atoms with Gasteiger partial charge < -0.3 is 4.74 Å². The monoisotopic (exact) mass is 197 g/mol. The van der Waals surface area contributed by atoms with E-state index in [1.807, 2.05) is 0 Å². The highest BCUT2D eigenvalue weighted by Gasteiger charge is 2.08. The molecule has 0 saturated heterocycles. The number of non-ortho nitro benzene ring substituents is 1. The van der Waals surface area contributed by atoms with Crippen LogP contribution in [0, 0.1) is 10.1 Å². The Morgan fingerprint density at radius 3 is 2.85 bits per heavy atom. The topological polar surface area (TPSA) is 52.4 Å². The number of hydrogen-bond donors (Lipinski definition) is 0. The maximum atomic E-state index is 10.4. The molecule has 0 aromatic heterocycles. The van der Waals surface area contributed by atoms with Crippen LogP contribution in [-0.4, -0.2) is 17.1 Å². The summed E-state index contributed by atoms with van der Waals surface area (Å²) in [4.78, 5) is 9.92. The standard InChI is InChI=1S/C8H7NO3S/c1-12-8(13)6-3-2-4-7(5-6)9(10)11/h2-5H,1H3. The molecule has 0 heterocycles. The Morgan fingerprint density at radius 2 is 2.31 bits per heavy atom. The van der Waals surface area contributed by atoms with Gasteiger partial charge in [-0.25, -0.2) is 0 Å². The number of ether oxygens (including phenoxy) is 1. The Hall–Kier alpha value is -1.49. The fraction of sp³-hybridized carbons (Fsp3) is 0.125. The number of thiocarbonyl (C=S) groups is 1. The lowest BCUT2D eigenvalue weighted by Crippen LogP contribution is -2.00. The zero-order chi connectivity index (χ0) is 9.84. The molecule has 68 valence electrons. The molecule has 0 aliphatic heterocycles. The summed E-state index contributed by atoms with van der Waals surface area (Å²) >= 11 is 4.82. The second-order valence-electron chi connectivity index (χ2n) is 2.30. The van der Waals surface area contributed by atoms with Crippen molar-refractivity contribution in [1.82, 2.24) is 0 Å². The van der Waals surface area contributed by atoms with Crippen LogP contribution >= 0.6 is 12.2 Å². The number of hydrogen-bond acceptors (Lipinski definition) is 4. The second-order valence-corrected chi connectivity index (χ2v) is 2.67. The third-order valence-corrected chi connectivity index (χ3v) is 1.88. The van der Waals surface area contributed by atoms with E-state index in [2.05, 4.69) is 0 Å². The normalized spacial score (nSPS) is 9.31. The minimum Gasteiger partial charge on any atom is -0.486 e. The maximum Gasteiger partial charge on any atom is 0.270 e. The average molecular weight is 197 g/mol. The first-order chi connectivity index (χ1) is 6.15. The van der Waals surface area contributed by atoms with Gasteiger partial charge in [0.15, 0.2) is 5.05 Å². The molecule has 5 heteroatoms. The molecule has 13 heavy (non-hydrogen) atoms. The zero-order valence-corrected chi connectivity index (χ0v) is 7.71. The SMILES string of the molecule is COC(=S)c1cccc([N+](=O)[O-])c1. The van der Waals surface area contributed by atoms with Gasteiger partial charge in [-0.2, -0.15) is 0 Å². The Kier molecular flexibility index (Phi) is 2.92. The Balaban J connectivity index is 3.05. The van der Waals surface area contributed by atoms with E-state index >= 15 is 0 Å². The maximum absolute atomic E-state index is 10.4. The average Bonchev–Trinajstić information content (AvgIpc) is 2.17. The van der Waals surface area contributed by atoms with Crippen LogP contribution < -0.4 is 0 Å². The molecule has 0 aliphatic carbocycles.